The number of fused-ring (bicyclic) bond motifs is 14. The lowest BCUT2D eigenvalue weighted by molar-refractivity contribution is -0.0399. The van der Waals surface area contributed by atoms with Gasteiger partial charge >= 0.3 is 0 Å². The van der Waals surface area contributed by atoms with Gasteiger partial charge in [0.1, 0.15) is 0 Å². The molecular weight excluding hydrogens is 683 g/mol. The van der Waals surface area contributed by atoms with E-state index in [0.717, 1.165) is 35.5 Å². The second kappa shape index (κ2) is 10.6. The highest BCUT2D eigenvalue weighted by Gasteiger charge is 2.62. The van der Waals surface area contributed by atoms with Crippen LogP contribution in [-0.4, -0.2) is 0 Å². The standard InChI is InChI=1S/C53H45NS/c1-4-11-44-39(8-1)40-20-18-38(29-47(40)52(44)30-31-16-17-34(52)23-31)54(37-19-21-50-43(28-37)41-9-3-6-15-49(41)55-50)48-14-7-13-46-51(48)42-10-2-5-12-45(42)53(46)35-24-32-22-33(26-35)27-36(53)25-32/h1-15,18-21,28-29,31-36H,16-17,22-27,30H2. The Kier molecular flexibility index (Phi) is 5.88. The second-order valence-electron chi connectivity index (χ2n) is 18.9. The fourth-order valence-electron chi connectivity index (χ4n) is 15.2. The van der Waals surface area contributed by atoms with Crippen molar-refractivity contribution in [3.63, 3.8) is 0 Å². The second-order valence-corrected chi connectivity index (χ2v) is 19.9. The maximum atomic E-state index is 2.70. The molecule has 0 saturated heterocycles. The molecular formula is C53H45NS. The maximum absolute atomic E-state index is 2.70. The molecule has 8 aliphatic rings. The SMILES string of the molecule is c1ccc2c(c1)-c1ccc(N(c3ccc4sc5ccccc5c4c3)c3cccc4c3-c3ccccc3C43C4CC5CC(C4)CC3C5)cc1C21CC2CCC1C2. The summed E-state index contributed by atoms with van der Waals surface area (Å²) in [5.41, 5.74) is 16.6. The number of benzene rings is 6. The first kappa shape index (κ1) is 30.5. The van der Waals surface area contributed by atoms with Gasteiger partial charge in [-0.15, -0.1) is 11.3 Å². The van der Waals surface area contributed by atoms with Crippen LogP contribution < -0.4 is 4.90 Å². The molecule has 2 heteroatoms. The van der Waals surface area contributed by atoms with E-state index in [4.69, 9.17) is 0 Å². The molecule has 0 radical (unpaired) electrons. The van der Waals surface area contributed by atoms with E-state index in [1.54, 1.807) is 22.3 Å². The Bertz CT molecular complexity index is 2760. The highest BCUT2D eigenvalue weighted by molar-refractivity contribution is 7.25. The van der Waals surface area contributed by atoms with E-state index in [2.05, 4.69) is 132 Å². The highest BCUT2D eigenvalue weighted by atomic mass is 32.1. The van der Waals surface area contributed by atoms with Gasteiger partial charge in [-0.25, -0.2) is 0 Å². The summed E-state index contributed by atoms with van der Waals surface area (Å²) < 4.78 is 2.74. The minimum atomic E-state index is 0.139. The third kappa shape index (κ3) is 3.72. The van der Waals surface area contributed by atoms with Crippen molar-refractivity contribution in [1.82, 2.24) is 0 Å². The molecule has 2 spiro atoms. The fourth-order valence-corrected chi connectivity index (χ4v) is 16.3. The highest BCUT2D eigenvalue weighted by Crippen LogP contribution is 2.71. The van der Waals surface area contributed by atoms with Crippen LogP contribution in [0.25, 0.3) is 42.4 Å². The number of anilines is 3. The van der Waals surface area contributed by atoms with Crippen LogP contribution >= 0.6 is 11.3 Å². The van der Waals surface area contributed by atoms with Gasteiger partial charge in [0.25, 0.3) is 0 Å². The molecule has 1 heterocycles. The molecule has 1 nitrogen and oxygen atoms in total. The summed E-state index contributed by atoms with van der Waals surface area (Å²) in [5, 5.41) is 2.73. The van der Waals surface area contributed by atoms with Crippen LogP contribution in [0.5, 0.6) is 0 Å². The largest absolute Gasteiger partial charge is 0.310 e. The summed E-state index contributed by atoms with van der Waals surface area (Å²) >= 11 is 1.92. The van der Waals surface area contributed by atoms with Gasteiger partial charge in [0.05, 0.1) is 5.69 Å². The van der Waals surface area contributed by atoms with Crippen LogP contribution in [0.3, 0.4) is 0 Å². The third-order valence-electron chi connectivity index (χ3n) is 16.7. The van der Waals surface area contributed by atoms with Gasteiger partial charge in [0.2, 0.25) is 0 Å². The summed E-state index contributed by atoms with van der Waals surface area (Å²) in [4.78, 5) is 2.70. The van der Waals surface area contributed by atoms with Crippen LogP contribution in [0.1, 0.15) is 80.0 Å². The van der Waals surface area contributed by atoms with E-state index in [0.29, 0.717) is 0 Å². The van der Waals surface area contributed by atoms with Gasteiger partial charge in [-0.3, -0.25) is 0 Å². The maximum Gasteiger partial charge on any atom is 0.0543 e. The molecule has 3 atom stereocenters. The third-order valence-corrected chi connectivity index (χ3v) is 17.9. The van der Waals surface area contributed by atoms with Gasteiger partial charge in [0, 0.05) is 47.9 Å². The van der Waals surface area contributed by atoms with E-state index in [9.17, 15) is 0 Å². The van der Waals surface area contributed by atoms with E-state index in [1.807, 2.05) is 11.3 Å². The van der Waals surface area contributed by atoms with E-state index >= 15 is 0 Å². The van der Waals surface area contributed by atoms with Crippen molar-refractivity contribution in [2.45, 2.75) is 68.6 Å². The molecule has 6 saturated carbocycles. The molecule has 55 heavy (non-hydrogen) atoms. The summed E-state index contributed by atoms with van der Waals surface area (Å²) in [7, 11) is 0. The molecule has 268 valence electrons. The van der Waals surface area contributed by atoms with E-state index in [-0.39, 0.29) is 10.8 Å². The van der Waals surface area contributed by atoms with Gasteiger partial charge < -0.3 is 4.90 Å². The molecule has 0 amide bonds. The Morgan fingerprint density at radius 2 is 1.15 bits per heavy atom. The lowest BCUT2D eigenvalue weighted by Gasteiger charge is -2.61. The van der Waals surface area contributed by atoms with E-state index in [1.165, 1.54) is 117 Å². The summed E-state index contributed by atoms with van der Waals surface area (Å²) in [6.07, 6.45) is 12.6. The van der Waals surface area contributed by atoms with Crippen molar-refractivity contribution in [1.29, 1.82) is 0 Å². The van der Waals surface area contributed by atoms with Crippen LogP contribution in [0.15, 0.2) is 127 Å². The molecule has 8 aliphatic carbocycles. The number of rotatable bonds is 3. The van der Waals surface area contributed by atoms with Crippen LogP contribution in [-0.2, 0) is 10.8 Å². The Labute approximate surface area is 328 Å². The number of thiophene rings is 1. The van der Waals surface area contributed by atoms with Gasteiger partial charge in [-0.2, -0.15) is 0 Å². The Morgan fingerprint density at radius 3 is 1.96 bits per heavy atom. The van der Waals surface area contributed by atoms with Gasteiger partial charge in [0.15, 0.2) is 0 Å². The average molecular weight is 728 g/mol. The summed E-state index contributed by atoms with van der Waals surface area (Å²) in [5.74, 6) is 4.96. The summed E-state index contributed by atoms with van der Waals surface area (Å²) in [6.45, 7) is 0. The Morgan fingerprint density at radius 1 is 0.473 bits per heavy atom. The molecule has 0 N–H and O–H groups in total. The quantitative estimate of drug-likeness (QED) is 0.175. The zero-order chi connectivity index (χ0) is 35.6. The molecule has 1 aromatic heterocycles. The molecule has 6 aromatic carbocycles. The topological polar surface area (TPSA) is 3.24 Å². The van der Waals surface area contributed by atoms with Crippen LogP contribution in [0, 0.1) is 35.5 Å². The predicted molar refractivity (Wildman–Crippen MR) is 229 cm³/mol. The normalized spacial score (nSPS) is 31.1. The molecule has 15 rings (SSSR count). The Balaban J connectivity index is 1.04. The number of hydrogen-bond donors (Lipinski definition) is 0. The van der Waals surface area contributed by atoms with Crippen molar-refractivity contribution in [3.05, 3.63) is 150 Å². The van der Waals surface area contributed by atoms with E-state index < -0.39 is 0 Å². The van der Waals surface area contributed by atoms with Crippen molar-refractivity contribution in [2.24, 2.45) is 35.5 Å². The minimum Gasteiger partial charge on any atom is -0.310 e. The molecule has 3 unspecified atom stereocenters. The lowest BCUT2D eigenvalue weighted by atomic mass is 9.43. The zero-order valence-electron chi connectivity index (χ0n) is 31.3. The smallest absolute Gasteiger partial charge is 0.0543 e. The number of hydrogen-bond acceptors (Lipinski definition) is 2. The van der Waals surface area contributed by atoms with Crippen LogP contribution in [0.4, 0.5) is 17.1 Å². The zero-order valence-corrected chi connectivity index (χ0v) is 32.1. The lowest BCUT2D eigenvalue weighted by Crippen LogP contribution is -2.55. The van der Waals surface area contributed by atoms with Crippen molar-refractivity contribution in [2.75, 3.05) is 4.90 Å². The monoisotopic (exact) mass is 727 g/mol. The van der Waals surface area contributed by atoms with Crippen molar-refractivity contribution >= 4 is 48.6 Å². The minimum absolute atomic E-state index is 0.139. The van der Waals surface area contributed by atoms with Crippen molar-refractivity contribution in [3.8, 4) is 22.3 Å². The summed E-state index contributed by atoms with van der Waals surface area (Å²) in [6, 6.07) is 50.6. The van der Waals surface area contributed by atoms with Gasteiger partial charge in [-0.05, 0) is 168 Å². The Hall–Kier alpha value is -4.66. The molecule has 6 bridgehead atoms. The van der Waals surface area contributed by atoms with Crippen molar-refractivity contribution < 1.29 is 0 Å². The average Bonchev–Trinajstić information content (AvgIpc) is 4.04. The predicted octanol–water partition coefficient (Wildman–Crippen LogP) is 14.3. The molecule has 6 fully saturated rings. The first-order valence-corrected chi connectivity index (χ1v) is 22.2. The molecule has 7 aromatic rings. The van der Waals surface area contributed by atoms with Gasteiger partial charge in [-0.1, -0.05) is 91.3 Å². The first-order chi connectivity index (χ1) is 27.2. The van der Waals surface area contributed by atoms with Crippen LogP contribution in [0.2, 0.25) is 0 Å². The number of nitrogens with zero attached hydrogens (tertiary/aromatic N) is 1. The fraction of sp³-hybridized carbons (Fsp3) is 0.321. The molecule has 0 aliphatic heterocycles. The first-order valence-electron chi connectivity index (χ1n) is 21.4.